The van der Waals surface area contributed by atoms with Gasteiger partial charge in [0.15, 0.2) is 0 Å². The van der Waals surface area contributed by atoms with Gasteiger partial charge < -0.3 is 5.32 Å². The zero-order chi connectivity index (χ0) is 10.8. The molecule has 82 valence electrons. The van der Waals surface area contributed by atoms with Crippen molar-refractivity contribution in [2.75, 3.05) is 13.6 Å². The van der Waals surface area contributed by atoms with Crippen molar-refractivity contribution in [3.63, 3.8) is 0 Å². The fraction of sp³-hybridized carbons (Fsp3) is 0.909. The molecule has 0 saturated carbocycles. The van der Waals surface area contributed by atoms with Crippen LogP contribution in [0.1, 0.15) is 40.0 Å². The molecule has 0 unspecified atom stereocenters. The molecule has 1 amide bonds. The van der Waals surface area contributed by atoms with E-state index < -0.39 is 0 Å². The van der Waals surface area contributed by atoms with Crippen molar-refractivity contribution in [2.24, 2.45) is 0 Å². The van der Waals surface area contributed by atoms with E-state index in [1.165, 1.54) is 0 Å². The normalized spacial score (nSPS) is 23.9. The maximum absolute atomic E-state index is 11.9. The van der Waals surface area contributed by atoms with Crippen LogP contribution in [-0.2, 0) is 4.79 Å². The van der Waals surface area contributed by atoms with Crippen LogP contribution in [0.25, 0.3) is 0 Å². The van der Waals surface area contributed by atoms with Gasteiger partial charge in [0.1, 0.15) is 0 Å². The first-order valence-electron chi connectivity index (χ1n) is 5.48. The second kappa shape index (κ2) is 4.30. The van der Waals surface area contributed by atoms with Crippen LogP contribution in [-0.4, -0.2) is 36.0 Å². The lowest BCUT2D eigenvalue weighted by atomic mass is 10.0. The highest BCUT2D eigenvalue weighted by Crippen LogP contribution is 2.16. The minimum Gasteiger partial charge on any atom is -0.350 e. The highest BCUT2D eigenvalue weighted by Gasteiger charge is 2.30. The molecule has 1 rings (SSSR count). The molecule has 3 nitrogen and oxygen atoms in total. The van der Waals surface area contributed by atoms with Crippen molar-refractivity contribution in [3.05, 3.63) is 0 Å². The Labute approximate surface area is 86.9 Å². The minimum absolute atomic E-state index is 0.0689. The molecular weight excluding hydrogens is 176 g/mol. The van der Waals surface area contributed by atoms with Crippen LogP contribution in [0.4, 0.5) is 0 Å². The molecule has 1 aliphatic heterocycles. The van der Waals surface area contributed by atoms with E-state index in [2.05, 4.69) is 31.0 Å². The third kappa shape index (κ3) is 2.71. The molecule has 1 aliphatic rings. The van der Waals surface area contributed by atoms with Crippen LogP contribution in [0.15, 0.2) is 0 Å². The molecule has 0 spiro atoms. The van der Waals surface area contributed by atoms with Gasteiger partial charge >= 0.3 is 0 Å². The molecule has 1 saturated heterocycles. The first-order chi connectivity index (χ1) is 6.46. The van der Waals surface area contributed by atoms with Crippen molar-refractivity contribution >= 4 is 5.91 Å². The Hall–Kier alpha value is -0.570. The number of hydrogen-bond acceptors (Lipinski definition) is 2. The molecule has 0 bridgehead atoms. The van der Waals surface area contributed by atoms with Crippen LogP contribution in [0.3, 0.4) is 0 Å². The van der Waals surface area contributed by atoms with Gasteiger partial charge in [0.2, 0.25) is 5.91 Å². The van der Waals surface area contributed by atoms with Gasteiger partial charge in [-0.25, -0.2) is 0 Å². The van der Waals surface area contributed by atoms with E-state index in [-0.39, 0.29) is 17.5 Å². The molecular formula is C11H22N2O. The monoisotopic (exact) mass is 198 g/mol. The molecule has 1 N–H and O–H groups in total. The van der Waals surface area contributed by atoms with Gasteiger partial charge in [0, 0.05) is 5.54 Å². The maximum atomic E-state index is 11.9. The summed E-state index contributed by atoms with van der Waals surface area (Å²) in [5, 5.41) is 3.10. The predicted molar refractivity (Wildman–Crippen MR) is 58.2 cm³/mol. The van der Waals surface area contributed by atoms with Gasteiger partial charge in [0.05, 0.1) is 6.04 Å². The fourth-order valence-corrected chi connectivity index (χ4v) is 1.75. The highest BCUT2D eigenvalue weighted by molar-refractivity contribution is 5.82. The average Bonchev–Trinajstić information content (AvgIpc) is 2.51. The van der Waals surface area contributed by atoms with E-state index in [1.807, 2.05) is 7.05 Å². The van der Waals surface area contributed by atoms with Gasteiger partial charge in [-0.15, -0.1) is 0 Å². The molecule has 1 heterocycles. The van der Waals surface area contributed by atoms with Crippen molar-refractivity contribution in [2.45, 2.75) is 51.6 Å². The van der Waals surface area contributed by atoms with E-state index in [9.17, 15) is 4.79 Å². The molecule has 14 heavy (non-hydrogen) atoms. The van der Waals surface area contributed by atoms with Gasteiger partial charge in [0.25, 0.3) is 0 Å². The van der Waals surface area contributed by atoms with Crippen molar-refractivity contribution in [1.29, 1.82) is 0 Å². The Morgan fingerprint density at radius 2 is 2.21 bits per heavy atom. The minimum atomic E-state index is -0.0689. The molecule has 3 heteroatoms. The van der Waals surface area contributed by atoms with Gasteiger partial charge in [-0.05, 0) is 46.7 Å². The third-order valence-corrected chi connectivity index (χ3v) is 3.17. The molecule has 1 atom stereocenters. The molecule has 0 aliphatic carbocycles. The maximum Gasteiger partial charge on any atom is 0.237 e. The van der Waals surface area contributed by atoms with Crippen LogP contribution in [0.5, 0.6) is 0 Å². The summed E-state index contributed by atoms with van der Waals surface area (Å²) in [6.07, 6.45) is 3.11. The van der Waals surface area contributed by atoms with Gasteiger partial charge in [-0.2, -0.15) is 0 Å². The Kier molecular flexibility index (Phi) is 3.53. The lowest BCUT2D eigenvalue weighted by molar-refractivity contribution is -0.126. The Morgan fingerprint density at radius 1 is 1.57 bits per heavy atom. The van der Waals surface area contributed by atoms with E-state index in [0.29, 0.717) is 0 Å². The number of nitrogens with zero attached hydrogens (tertiary/aromatic N) is 1. The largest absolute Gasteiger partial charge is 0.350 e. The van der Waals surface area contributed by atoms with Crippen molar-refractivity contribution < 1.29 is 4.79 Å². The lowest BCUT2D eigenvalue weighted by Gasteiger charge is -2.28. The molecule has 0 aromatic heterocycles. The number of amides is 1. The fourth-order valence-electron chi connectivity index (χ4n) is 1.75. The molecule has 0 radical (unpaired) electrons. The summed E-state index contributed by atoms with van der Waals surface area (Å²) in [6, 6.07) is 0.0980. The van der Waals surface area contributed by atoms with Gasteiger partial charge in [-0.3, -0.25) is 9.69 Å². The van der Waals surface area contributed by atoms with Crippen LogP contribution >= 0.6 is 0 Å². The Morgan fingerprint density at radius 3 is 2.64 bits per heavy atom. The summed E-state index contributed by atoms with van der Waals surface area (Å²) in [7, 11) is 2.02. The topological polar surface area (TPSA) is 32.3 Å². The zero-order valence-electron chi connectivity index (χ0n) is 9.76. The van der Waals surface area contributed by atoms with Crippen LogP contribution < -0.4 is 5.32 Å². The smallest absolute Gasteiger partial charge is 0.237 e. The highest BCUT2D eigenvalue weighted by atomic mass is 16.2. The third-order valence-electron chi connectivity index (χ3n) is 3.17. The number of carbonyl (C=O) groups is 1. The van der Waals surface area contributed by atoms with Crippen molar-refractivity contribution in [1.82, 2.24) is 10.2 Å². The van der Waals surface area contributed by atoms with Gasteiger partial charge in [-0.1, -0.05) is 6.92 Å². The number of rotatable bonds is 3. The summed E-state index contributed by atoms with van der Waals surface area (Å²) in [4.78, 5) is 14.0. The predicted octanol–water partition coefficient (Wildman–Crippen LogP) is 1.39. The Balaban J connectivity index is 2.49. The SMILES string of the molecule is CCC(C)(C)NC(=O)[C@@H]1CCCN1C. The Bertz CT molecular complexity index is 213. The second-order valence-corrected chi connectivity index (χ2v) is 4.87. The number of likely N-dealkylation sites (tertiary alicyclic amines) is 1. The van der Waals surface area contributed by atoms with Crippen LogP contribution in [0.2, 0.25) is 0 Å². The number of hydrogen-bond donors (Lipinski definition) is 1. The van der Waals surface area contributed by atoms with E-state index >= 15 is 0 Å². The molecule has 1 fully saturated rings. The first-order valence-corrected chi connectivity index (χ1v) is 5.48. The van der Waals surface area contributed by atoms with Crippen molar-refractivity contribution in [3.8, 4) is 0 Å². The summed E-state index contributed by atoms with van der Waals surface area (Å²) >= 11 is 0. The van der Waals surface area contributed by atoms with E-state index in [0.717, 1.165) is 25.8 Å². The summed E-state index contributed by atoms with van der Waals surface area (Å²) in [5.74, 6) is 0.192. The van der Waals surface area contributed by atoms with E-state index in [1.54, 1.807) is 0 Å². The number of nitrogens with one attached hydrogen (secondary N) is 1. The average molecular weight is 198 g/mol. The summed E-state index contributed by atoms with van der Waals surface area (Å²) < 4.78 is 0. The summed E-state index contributed by atoms with van der Waals surface area (Å²) in [5.41, 5.74) is -0.0689. The second-order valence-electron chi connectivity index (χ2n) is 4.87. The first kappa shape index (κ1) is 11.5. The molecule has 0 aromatic rings. The lowest BCUT2D eigenvalue weighted by Crippen LogP contribution is -2.50. The quantitative estimate of drug-likeness (QED) is 0.743. The van der Waals surface area contributed by atoms with Crippen LogP contribution in [0, 0.1) is 0 Å². The molecule has 0 aromatic carbocycles. The standard InChI is InChI=1S/C11H22N2O/c1-5-11(2,3)12-10(14)9-7-6-8-13(9)4/h9H,5-8H2,1-4H3,(H,12,14)/t9-/m0/s1. The summed E-state index contributed by atoms with van der Waals surface area (Å²) in [6.45, 7) is 7.28. The van der Waals surface area contributed by atoms with E-state index in [4.69, 9.17) is 0 Å². The number of carbonyl (C=O) groups excluding carboxylic acids is 1. The number of likely N-dealkylation sites (N-methyl/N-ethyl adjacent to an activating group) is 1. The zero-order valence-corrected chi connectivity index (χ0v) is 9.76.